The Morgan fingerprint density at radius 2 is 1.82 bits per heavy atom. The van der Waals surface area contributed by atoms with E-state index in [1.54, 1.807) is 6.92 Å². The molecule has 8 heteroatoms. The highest BCUT2D eigenvalue weighted by molar-refractivity contribution is 6.08. The molecule has 0 bridgehead atoms. The highest BCUT2D eigenvalue weighted by atomic mass is 16.5. The number of ether oxygens (including phenoxy) is 1. The fraction of sp³-hybridized carbons (Fsp3) is 0.133. The monoisotopic (exact) mass is 504 g/mol. The molecule has 5 rings (SSSR count). The van der Waals surface area contributed by atoms with Gasteiger partial charge in [-0.2, -0.15) is 0 Å². The second-order valence-corrected chi connectivity index (χ2v) is 9.25. The van der Waals surface area contributed by atoms with Crippen LogP contribution < -0.4 is 15.8 Å². The van der Waals surface area contributed by atoms with Crippen molar-refractivity contribution in [3.8, 4) is 34.0 Å². The van der Waals surface area contributed by atoms with Crippen LogP contribution in [0.5, 0.6) is 11.6 Å². The molecule has 1 amide bonds. The van der Waals surface area contributed by atoms with Gasteiger partial charge in [-0.25, -0.2) is 15.0 Å². The van der Waals surface area contributed by atoms with E-state index < -0.39 is 0 Å². The fourth-order valence-corrected chi connectivity index (χ4v) is 4.50. The molecule has 0 spiro atoms. The summed E-state index contributed by atoms with van der Waals surface area (Å²) in [6, 6.07) is 19.3. The Balaban J connectivity index is 1.61. The molecule has 0 aliphatic carbocycles. The number of nitrogens with zero attached hydrogens (tertiary/aromatic N) is 4. The normalized spacial score (nSPS) is 10.9. The van der Waals surface area contributed by atoms with Crippen LogP contribution in [0.15, 0.2) is 79.1 Å². The number of rotatable bonds is 6. The molecule has 0 saturated carbocycles. The summed E-state index contributed by atoms with van der Waals surface area (Å²) in [4.78, 5) is 25.3. The average Bonchev–Trinajstić information content (AvgIpc) is 3.18. The molecule has 3 aromatic heterocycles. The van der Waals surface area contributed by atoms with E-state index in [2.05, 4.69) is 26.8 Å². The Labute approximate surface area is 220 Å². The number of anilines is 2. The van der Waals surface area contributed by atoms with Crippen molar-refractivity contribution in [2.45, 2.75) is 20.8 Å². The third-order valence-electron chi connectivity index (χ3n) is 6.35. The van der Waals surface area contributed by atoms with Gasteiger partial charge in [-0.3, -0.25) is 4.79 Å². The number of pyridine rings is 1. The van der Waals surface area contributed by atoms with Crippen molar-refractivity contribution < 1.29 is 9.53 Å². The van der Waals surface area contributed by atoms with Crippen LogP contribution in [-0.2, 0) is 11.8 Å². The van der Waals surface area contributed by atoms with E-state index in [-0.39, 0.29) is 5.91 Å². The average molecular weight is 505 g/mol. The summed E-state index contributed by atoms with van der Waals surface area (Å²) < 4.78 is 7.98. The van der Waals surface area contributed by atoms with Crippen LogP contribution in [0.1, 0.15) is 18.2 Å². The van der Waals surface area contributed by atoms with Crippen molar-refractivity contribution in [1.82, 2.24) is 19.5 Å². The maximum Gasteiger partial charge on any atom is 0.250 e. The lowest BCUT2D eigenvalue weighted by Gasteiger charge is -2.14. The number of fused-ring (bicyclic) bond motifs is 1. The SMILES string of the molecule is C=C(C)C(=O)Nc1ccc(-c2c(-c3ccc(Oc4cccc(C)n4)cc3)c3c(N)ncnc3n2C)c(C)c1. The first-order chi connectivity index (χ1) is 18.2. The number of hydrogen-bond donors (Lipinski definition) is 2. The zero-order chi connectivity index (χ0) is 27.0. The third-order valence-corrected chi connectivity index (χ3v) is 6.35. The summed E-state index contributed by atoms with van der Waals surface area (Å²) in [5.74, 6) is 1.40. The zero-order valence-corrected chi connectivity index (χ0v) is 21.7. The van der Waals surface area contributed by atoms with E-state index in [1.807, 2.05) is 86.1 Å². The van der Waals surface area contributed by atoms with Crippen LogP contribution in [0.4, 0.5) is 11.5 Å². The lowest BCUT2D eigenvalue weighted by atomic mass is 9.96. The van der Waals surface area contributed by atoms with Gasteiger partial charge in [-0.15, -0.1) is 0 Å². The molecule has 0 radical (unpaired) electrons. The highest BCUT2D eigenvalue weighted by Crippen LogP contribution is 2.43. The maximum atomic E-state index is 12.1. The molecule has 38 heavy (non-hydrogen) atoms. The number of amides is 1. The number of aromatic nitrogens is 4. The van der Waals surface area contributed by atoms with Crippen molar-refractivity contribution in [3.05, 3.63) is 90.4 Å². The molecule has 3 N–H and O–H groups in total. The van der Waals surface area contributed by atoms with Gasteiger partial charge in [0.1, 0.15) is 23.5 Å². The Morgan fingerprint density at radius 3 is 2.50 bits per heavy atom. The summed E-state index contributed by atoms with van der Waals surface area (Å²) in [7, 11) is 1.96. The maximum absolute atomic E-state index is 12.1. The first-order valence-corrected chi connectivity index (χ1v) is 12.1. The quantitative estimate of drug-likeness (QED) is 0.267. The van der Waals surface area contributed by atoms with Crippen LogP contribution in [0.25, 0.3) is 33.4 Å². The molecule has 3 heterocycles. The van der Waals surface area contributed by atoms with E-state index in [0.29, 0.717) is 28.7 Å². The van der Waals surface area contributed by atoms with Crippen LogP contribution in [-0.4, -0.2) is 25.4 Å². The van der Waals surface area contributed by atoms with E-state index >= 15 is 0 Å². The number of nitrogens with two attached hydrogens (primary N) is 1. The van der Waals surface area contributed by atoms with Crippen molar-refractivity contribution in [2.24, 2.45) is 7.05 Å². The van der Waals surface area contributed by atoms with Gasteiger partial charge in [-0.1, -0.05) is 30.8 Å². The van der Waals surface area contributed by atoms with Gasteiger partial charge in [-0.05, 0) is 62.2 Å². The minimum absolute atomic E-state index is 0.214. The first kappa shape index (κ1) is 24.7. The summed E-state index contributed by atoms with van der Waals surface area (Å²) >= 11 is 0. The first-order valence-electron chi connectivity index (χ1n) is 12.1. The number of nitrogen functional groups attached to an aromatic ring is 1. The van der Waals surface area contributed by atoms with Crippen molar-refractivity contribution >= 4 is 28.4 Å². The summed E-state index contributed by atoms with van der Waals surface area (Å²) in [6.07, 6.45) is 1.47. The van der Waals surface area contributed by atoms with Gasteiger partial charge in [0.15, 0.2) is 0 Å². The highest BCUT2D eigenvalue weighted by Gasteiger charge is 2.23. The molecule has 0 aliphatic heterocycles. The second-order valence-electron chi connectivity index (χ2n) is 9.25. The van der Waals surface area contributed by atoms with E-state index in [0.717, 1.165) is 44.7 Å². The van der Waals surface area contributed by atoms with E-state index in [4.69, 9.17) is 10.5 Å². The molecule has 8 nitrogen and oxygen atoms in total. The Bertz CT molecular complexity index is 1700. The largest absolute Gasteiger partial charge is 0.439 e. The number of nitrogens with one attached hydrogen (secondary N) is 1. The van der Waals surface area contributed by atoms with Crippen molar-refractivity contribution in [2.75, 3.05) is 11.1 Å². The number of aryl methyl sites for hydroxylation is 3. The van der Waals surface area contributed by atoms with Crippen LogP contribution in [0, 0.1) is 13.8 Å². The number of benzene rings is 2. The summed E-state index contributed by atoms with van der Waals surface area (Å²) in [5.41, 5.74) is 13.9. The van der Waals surface area contributed by atoms with Crippen molar-refractivity contribution in [3.63, 3.8) is 0 Å². The van der Waals surface area contributed by atoms with Gasteiger partial charge < -0.3 is 20.4 Å². The standard InChI is InChI=1S/C30H28N6O2/c1-17(2)30(37)35-21-11-14-23(18(3)15-21)27-25(26-28(31)32-16-33-29(26)36(27)5)20-9-12-22(13-10-20)38-24-8-6-7-19(4)34-24/h6-16H,1H2,2-5H3,(H,35,37)(H2,31,32,33). The number of carbonyl (C=O) groups is 1. The Kier molecular flexibility index (Phi) is 6.38. The number of carbonyl (C=O) groups excluding carboxylic acids is 1. The Morgan fingerprint density at radius 1 is 1.05 bits per heavy atom. The van der Waals surface area contributed by atoms with E-state index in [1.165, 1.54) is 6.33 Å². The minimum atomic E-state index is -0.214. The molecule has 190 valence electrons. The number of hydrogen-bond acceptors (Lipinski definition) is 6. The molecule has 0 saturated heterocycles. The van der Waals surface area contributed by atoms with Gasteiger partial charge in [0.25, 0.3) is 5.91 Å². The predicted octanol–water partition coefficient (Wildman–Crippen LogP) is 6.20. The third kappa shape index (κ3) is 4.59. The molecule has 5 aromatic rings. The van der Waals surface area contributed by atoms with Gasteiger partial charge >= 0.3 is 0 Å². The van der Waals surface area contributed by atoms with E-state index in [9.17, 15) is 4.79 Å². The van der Waals surface area contributed by atoms with Gasteiger partial charge in [0.2, 0.25) is 5.88 Å². The lowest BCUT2D eigenvalue weighted by Crippen LogP contribution is -2.11. The van der Waals surface area contributed by atoms with Crippen LogP contribution >= 0.6 is 0 Å². The smallest absolute Gasteiger partial charge is 0.250 e. The van der Waals surface area contributed by atoms with Gasteiger partial charge in [0, 0.05) is 41.2 Å². The second kappa shape index (κ2) is 9.82. The zero-order valence-electron chi connectivity index (χ0n) is 21.7. The topological polar surface area (TPSA) is 108 Å². The Hall–Kier alpha value is -4.98. The molecule has 0 aliphatic rings. The molecule has 0 fully saturated rings. The fourth-order valence-electron chi connectivity index (χ4n) is 4.50. The van der Waals surface area contributed by atoms with Gasteiger partial charge in [0.05, 0.1) is 11.1 Å². The molecular formula is C30H28N6O2. The van der Waals surface area contributed by atoms with Crippen LogP contribution in [0.2, 0.25) is 0 Å². The minimum Gasteiger partial charge on any atom is -0.439 e. The summed E-state index contributed by atoms with van der Waals surface area (Å²) in [5, 5.41) is 3.66. The van der Waals surface area contributed by atoms with Crippen molar-refractivity contribution in [1.29, 1.82) is 0 Å². The molecule has 0 unspecified atom stereocenters. The summed E-state index contributed by atoms with van der Waals surface area (Å²) in [6.45, 7) is 9.32. The molecule has 2 aromatic carbocycles. The lowest BCUT2D eigenvalue weighted by molar-refractivity contribution is -0.112. The molecule has 0 atom stereocenters. The molecular weight excluding hydrogens is 476 g/mol. The predicted molar refractivity (Wildman–Crippen MR) is 151 cm³/mol. The van der Waals surface area contributed by atoms with Crippen LogP contribution in [0.3, 0.4) is 0 Å².